The van der Waals surface area contributed by atoms with Gasteiger partial charge in [-0.15, -0.1) is 0 Å². The Bertz CT molecular complexity index is 373. The Morgan fingerprint density at radius 2 is 1.82 bits per heavy atom. The summed E-state index contributed by atoms with van der Waals surface area (Å²) >= 11 is 0. The Morgan fingerprint density at radius 1 is 1.18 bits per heavy atom. The van der Waals surface area contributed by atoms with E-state index >= 15 is 0 Å². The van der Waals surface area contributed by atoms with Gasteiger partial charge in [-0.1, -0.05) is 6.92 Å². The van der Waals surface area contributed by atoms with Crippen LogP contribution in [0.1, 0.15) is 47.0 Å². The van der Waals surface area contributed by atoms with Crippen LogP contribution in [0.5, 0.6) is 0 Å². The van der Waals surface area contributed by atoms with E-state index in [4.69, 9.17) is 4.74 Å². The summed E-state index contributed by atoms with van der Waals surface area (Å²) in [5, 5.41) is 9.99. The summed E-state index contributed by atoms with van der Waals surface area (Å²) in [6.45, 7) is 12.3. The molecule has 0 spiro atoms. The van der Waals surface area contributed by atoms with Crippen molar-refractivity contribution in [2.45, 2.75) is 58.7 Å². The van der Waals surface area contributed by atoms with E-state index < -0.39 is 5.60 Å². The molecule has 2 rings (SSSR count). The van der Waals surface area contributed by atoms with Gasteiger partial charge in [-0.2, -0.15) is 0 Å². The van der Waals surface area contributed by atoms with Crippen molar-refractivity contribution in [1.29, 1.82) is 0 Å². The monoisotopic (exact) mass is 312 g/mol. The molecule has 0 aliphatic carbocycles. The second-order valence-electron chi connectivity index (χ2n) is 8.00. The number of hydrogen-bond acceptors (Lipinski definition) is 4. The summed E-state index contributed by atoms with van der Waals surface area (Å²) in [4.78, 5) is 16.3. The van der Waals surface area contributed by atoms with Crippen molar-refractivity contribution in [3.05, 3.63) is 0 Å². The van der Waals surface area contributed by atoms with Gasteiger partial charge in [-0.05, 0) is 58.4 Å². The third kappa shape index (κ3) is 5.13. The molecule has 0 aromatic heterocycles. The number of piperidine rings is 2. The summed E-state index contributed by atoms with van der Waals surface area (Å²) in [6, 6.07) is 0. The third-order valence-electron chi connectivity index (χ3n) is 4.79. The minimum atomic E-state index is -0.422. The summed E-state index contributed by atoms with van der Waals surface area (Å²) < 4.78 is 5.43. The lowest BCUT2D eigenvalue weighted by molar-refractivity contribution is 0.00725. The Hall–Kier alpha value is -0.810. The first kappa shape index (κ1) is 17.5. The number of likely N-dealkylation sites (tertiary alicyclic amines) is 2. The highest BCUT2D eigenvalue weighted by atomic mass is 16.6. The van der Waals surface area contributed by atoms with Crippen molar-refractivity contribution in [3.8, 4) is 0 Å². The molecule has 0 bridgehead atoms. The lowest BCUT2D eigenvalue weighted by Crippen LogP contribution is -2.47. The number of hydrogen-bond donors (Lipinski definition) is 1. The zero-order valence-electron chi connectivity index (χ0n) is 14.5. The molecule has 2 fully saturated rings. The predicted molar refractivity (Wildman–Crippen MR) is 86.8 cm³/mol. The van der Waals surface area contributed by atoms with Crippen molar-refractivity contribution < 1.29 is 14.6 Å². The van der Waals surface area contributed by atoms with E-state index in [-0.39, 0.29) is 12.2 Å². The average Bonchev–Trinajstić information content (AvgIpc) is 2.42. The normalized spacial score (nSPS) is 28.7. The standard InChI is InChI=1S/C17H32N2O3/c1-13-5-8-18(12-15(13)20)11-14-6-9-19(10-7-14)16(21)22-17(2,3)4/h13-15,20H,5-12H2,1-4H3. The van der Waals surface area contributed by atoms with Crippen LogP contribution in [0, 0.1) is 11.8 Å². The van der Waals surface area contributed by atoms with Crippen LogP contribution in [0.3, 0.4) is 0 Å². The van der Waals surface area contributed by atoms with Gasteiger partial charge in [-0.25, -0.2) is 4.79 Å². The largest absolute Gasteiger partial charge is 0.444 e. The molecule has 128 valence electrons. The molecule has 2 saturated heterocycles. The van der Waals surface area contributed by atoms with Gasteiger partial charge in [0.05, 0.1) is 6.10 Å². The first-order valence-corrected chi connectivity index (χ1v) is 8.63. The van der Waals surface area contributed by atoms with Crippen molar-refractivity contribution in [3.63, 3.8) is 0 Å². The van der Waals surface area contributed by atoms with Crippen LogP contribution in [-0.2, 0) is 4.74 Å². The molecular weight excluding hydrogens is 280 g/mol. The molecule has 0 aromatic rings. The van der Waals surface area contributed by atoms with Crippen LogP contribution in [-0.4, -0.2) is 65.4 Å². The molecule has 2 aliphatic rings. The van der Waals surface area contributed by atoms with E-state index in [0.717, 1.165) is 52.0 Å². The number of aliphatic hydroxyl groups is 1. The van der Waals surface area contributed by atoms with Gasteiger partial charge in [0.15, 0.2) is 0 Å². The Balaban J connectivity index is 1.72. The van der Waals surface area contributed by atoms with E-state index in [2.05, 4.69) is 11.8 Å². The first-order valence-electron chi connectivity index (χ1n) is 8.63. The summed E-state index contributed by atoms with van der Waals surface area (Å²) in [7, 11) is 0. The number of ether oxygens (including phenoxy) is 1. The van der Waals surface area contributed by atoms with Crippen molar-refractivity contribution in [2.75, 3.05) is 32.7 Å². The molecule has 5 heteroatoms. The average molecular weight is 312 g/mol. The highest BCUT2D eigenvalue weighted by molar-refractivity contribution is 5.68. The van der Waals surface area contributed by atoms with Gasteiger partial charge in [-0.3, -0.25) is 0 Å². The number of β-amino-alcohol motifs (C(OH)–C–C–N with tert-alkyl or cyclic N) is 1. The zero-order valence-corrected chi connectivity index (χ0v) is 14.5. The van der Waals surface area contributed by atoms with E-state index in [1.165, 1.54) is 0 Å². The summed E-state index contributed by atoms with van der Waals surface area (Å²) in [5.74, 6) is 1.05. The minimum Gasteiger partial charge on any atom is -0.444 e. The van der Waals surface area contributed by atoms with Crippen LogP contribution < -0.4 is 0 Å². The molecule has 2 heterocycles. The van der Waals surface area contributed by atoms with Crippen LogP contribution in [0.15, 0.2) is 0 Å². The van der Waals surface area contributed by atoms with Crippen LogP contribution in [0.4, 0.5) is 4.79 Å². The zero-order chi connectivity index (χ0) is 16.3. The Morgan fingerprint density at radius 3 is 2.36 bits per heavy atom. The number of amides is 1. The molecule has 2 unspecified atom stereocenters. The maximum absolute atomic E-state index is 12.0. The topological polar surface area (TPSA) is 53.0 Å². The SMILES string of the molecule is CC1CCN(CC2CCN(C(=O)OC(C)(C)C)CC2)CC1O. The maximum Gasteiger partial charge on any atom is 0.410 e. The van der Waals surface area contributed by atoms with Gasteiger partial charge in [0, 0.05) is 26.2 Å². The Kier molecular flexibility index (Phi) is 5.72. The molecule has 2 atom stereocenters. The second kappa shape index (κ2) is 7.18. The van der Waals surface area contributed by atoms with Crippen molar-refractivity contribution in [1.82, 2.24) is 9.80 Å². The van der Waals surface area contributed by atoms with Crippen LogP contribution in [0.25, 0.3) is 0 Å². The number of carbonyl (C=O) groups excluding carboxylic acids is 1. The molecule has 22 heavy (non-hydrogen) atoms. The number of nitrogens with zero attached hydrogens (tertiary/aromatic N) is 2. The molecule has 0 saturated carbocycles. The minimum absolute atomic E-state index is 0.185. The van der Waals surface area contributed by atoms with Crippen LogP contribution in [0.2, 0.25) is 0 Å². The van der Waals surface area contributed by atoms with Gasteiger partial charge in [0.2, 0.25) is 0 Å². The maximum atomic E-state index is 12.0. The fourth-order valence-electron chi connectivity index (χ4n) is 3.27. The fourth-order valence-corrected chi connectivity index (χ4v) is 3.27. The molecule has 1 amide bonds. The summed E-state index contributed by atoms with van der Waals surface area (Å²) in [5.41, 5.74) is -0.422. The third-order valence-corrected chi connectivity index (χ3v) is 4.79. The van der Waals surface area contributed by atoms with Crippen molar-refractivity contribution in [2.24, 2.45) is 11.8 Å². The number of carbonyl (C=O) groups is 1. The predicted octanol–water partition coefficient (Wildman–Crippen LogP) is 2.34. The van der Waals surface area contributed by atoms with Gasteiger partial charge >= 0.3 is 6.09 Å². The van der Waals surface area contributed by atoms with E-state index in [1.807, 2.05) is 25.7 Å². The summed E-state index contributed by atoms with van der Waals surface area (Å²) in [6.07, 6.45) is 2.77. The quantitative estimate of drug-likeness (QED) is 0.850. The number of aliphatic hydroxyl groups excluding tert-OH is 1. The van der Waals surface area contributed by atoms with E-state index in [1.54, 1.807) is 0 Å². The lowest BCUT2D eigenvalue weighted by atomic mass is 9.92. The highest BCUT2D eigenvalue weighted by Gasteiger charge is 2.30. The van der Waals surface area contributed by atoms with E-state index in [0.29, 0.717) is 11.8 Å². The molecule has 5 nitrogen and oxygen atoms in total. The Labute approximate surface area is 134 Å². The van der Waals surface area contributed by atoms with Gasteiger partial charge in [0.1, 0.15) is 5.60 Å². The first-order chi connectivity index (χ1) is 10.2. The molecule has 2 aliphatic heterocycles. The molecule has 0 aromatic carbocycles. The molecular formula is C17H32N2O3. The number of rotatable bonds is 2. The fraction of sp³-hybridized carbons (Fsp3) is 0.941. The smallest absolute Gasteiger partial charge is 0.410 e. The van der Waals surface area contributed by atoms with Gasteiger partial charge in [0.25, 0.3) is 0 Å². The lowest BCUT2D eigenvalue weighted by Gasteiger charge is -2.39. The second-order valence-corrected chi connectivity index (χ2v) is 8.00. The molecule has 0 radical (unpaired) electrons. The van der Waals surface area contributed by atoms with Crippen molar-refractivity contribution >= 4 is 6.09 Å². The molecule has 1 N–H and O–H groups in total. The highest BCUT2D eigenvalue weighted by Crippen LogP contribution is 2.23. The van der Waals surface area contributed by atoms with Gasteiger partial charge < -0.3 is 19.6 Å². The van der Waals surface area contributed by atoms with E-state index in [9.17, 15) is 9.90 Å². The van der Waals surface area contributed by atoms with Crippen LogP contribution >= 0.6 is 0 Å².